The van der Waals surface area contributed by atoms with Crippen LogP contribution in [0.3, 0.4) is 0 Å². The van der Waals surface area contributed by atoms with Crippen molar-refractivity contribution in [1.29, 1.82) is 0 Å². The minimum absolute atomic E-state index is 0.357. The third kappa shape index (κ3) is 6.88. The second-order valence-electron chi connectivity index (χ2n) is 6.98. The van der Waals surface area contributed by atoms with Gasteiger partial charge in [-0.1, -0.05) is 60.7 Å². The zero-order chi connectivity index (χ0) is 23.8. The minimum Gasteiger partial charge on any atom is -0.482 e. The number of hydrogen-bond acceptors (Lipinski definition) is 3. The zero-order valence-electron chi connectivity index (χ0n) is 17.3. The van der Waals surface area contributed by atoms with Gasteiger partial charge in [0, 0.05) is 20.7 Å². The predicted molar refractivity (Wildman–Crippen MR) is 128 cm³/mol. The molecule has 0 fully saturated rings. The summed E-state index contributed by atoms with van der Waals surface area (Å²) in [6, 6.07) is 20.5. The van der Waals surface area contributed by atoms with Gasteiger partial charge in [0.2, 0.25) is 0 Å². The van der Waals surface area contributed by atoms with E-state index in [0.717, 1.165) is 26.1 Å². The van der Waals surface area contributed by atoms with Gasteiger partial charge >= 0.3 is 11.9 Å². The maximum absolute atomic E-state index is 13.6. The van der Waals surface area contributed by atoms with Crippen LogP contribution in [0.4, 0.5) is 13.2 Å². The smallest absolute Gasteiger partial charge is 0.341 e. The average Bonchev–Trinajstić information content (AvgIpc) is 2.82. The Morgan fingerprint density at radius 1 is 1.03 bits per heavy atom. The number of alkyl halides is 3. The van der Waals surface area contributed by atoms with Crippen molar-refractivity contribution in [2.45, 2.75) is 10.8 Å². The van der Waals surface area contributed by atoms with Crippen LogP contribution in [0.5, 0.6) is 5.75 Å². The first-order valence-corrected chi connectivity index (χ1v) is 11.7. The fourth-order valence-corrected chi connectivity index (χ4v) is 4.53. The Kier molecular flexibility index (Phi) is 8.63. The van der Waals surface area contributed by atoms with Crippen molar-refractivity contribution in [1.82, 2.24) is 0 Å². The van der Waals surface area contributed by atoms with Crippen LogP contribution in [0.25, 0.3) is 5.57 Å². The molecule has 3 nitrogen and oxygen atoms in total. The molecule has 0 saturated carbocycles. The third-order valence-electron chi connectivity index (χ3n) is 4.66. The first-order valence-electron chi connectivity index (χ1n) is 9.87. The van der Waals surface area contributed by atoms with E-state index in [2.05, 4.69) is 15.9 Å². The first-order chi connectivity index (χ1) is 15.8. The quantitative estimate of drug-likeness (QED) is 0.278. The number of rotatable bonds is 10. The highest BCUT2D eigenvalue weighted by molar-refractivity contribution is 9.10. The highest BCUT2D eigenvalue weighted by Gasteiger charge is 2.31. The molecule has 33 heavy (non-hydrogen) atoms. The number of carboxylic acid groups (broad SMARTS) is 1. The molecule has 0 bridgehead atoms. The normalized spacial score (nSPS) is 11.9. The topological polar surface area (TPSA) is 46.5 Å². The van der Waals surface area contributed by atoms with E-state index in [1.807, 2.05) is 42.5 Å². The molecule has 0 saturated heterocycles. The summed E-state index contributed by atoms with van der Waals surface area (Å²) in [7, 11) is 0. The number of carbonyl (C=O) groups is 1. The van der Waals surface area contributed by atoms with E-state index in [9.17, 15) is 18.0 Å². The maximum Gasteiger partial charge on any atom is 0.341 e. The van der Waals surface area contributed by atoms with Crippen LogP contribution in [0.15, 0.2) is 88.2 Å². The van der Waals surface area contributed by atoms with E-state index in [1.54, 1.807) is 36.0 Å². The van der Waals surface area contributed by atoms with Gasteiger partial charge in [-0.15, -0.1) is 11.8 Å². The fourth-order valence-electron chi connectivity index (χ4n) is 3.04. The van der Waals surface area contributed by atoms with Gasteiger partial charge in [-0.05, 0) is 50.8 Å². The van der Waals surface area contributed by atoms with Gasteiger partial charge in [-0.2, -0.15) is 8.78 Å². The fraction of sp³-hybridized carbons (Fsp3) is 0.160. The molecule has 0 radical (unpaired) electrons. The van der Waals surface area contributed by atoms with Crippen molar-refractivity contribution in [2.24, 2.45) is 0 Å². The molecule has 0 unspecified atom stereocenters. The van der Waals surface area contributed by atoms with Crippen molar-refractivity contribution in [2.75, 3.05) is 19.0 Å². The number of benzene rings is 3. The number of aliphatic carboxylic acids is 1. The molecular weight excluding hydrogens is 517 g/mol. The summed E-state index contributed by atoms with van der Waals surface area (Å²) >= 11 is 5.02. The molecule has 0 spiro atoms. The van der Waals surface area contributed by atoms with E-state index in [1.165, 1.54) is 12.1 Å². The molecule has 3 aromatic carbocycles. The zero-order valence-corrected chi connectivity index (χ0v) is 19.7. The highest BCUT2D eigenvalue weighted by atomic mass is 79.9. The van der Waals surface area contributed by atoms with Crippen LogP contribution in [-0.2, 0) is 10.7 Å². The lowest BCUT2D eigenvalue weighted by atomic mass is 9.96. The Morgan fingerprint density at radius 2 is 1.70 bits per heavy atom. The van der Waals surface area contributed by atoms with Crippen LogP contribution in [0, 0.1) is 0 Å². The summed E-state index contributed by atoms with van der Waals surface area (Å²) < 4.78 is 45.9. The first kappa shape index (κ1) is 24.9. The van der Waals surface area contributed by atoms with E-state index in [-0.39, 0.29) is 5.56 Å². The molecule has 0 amide bonds. The van der Waals surface area contributed by atoms with Crippen LogP contribution >= 0.6 is 27.7 Å². The summed E-state index contributed by atoms with van der Waals surface area (Å²) in [5.41, 5.74) is 2.19. The summed E-state index contributed by atoms with van der Waals surface area (Å²) in [4.78, 5) is 11.6. The van der Waals surface area contributed by atoms with Gasteiger partial charge in [0.25, 0.3) is 0 Å². The van der Waals surface area contributed by atoms with Gasteiger partial charge in [0.1, 0.15) is 5.75 Å². The SMILES string of the molecule is O=C(O)COc1ccc(SC/C=C(/c2ccccc2)c2ccc(C(F)(F)CF)cc2)c(Br)c1. The van der Waals surface area contributed by atoms with E-state index >= 15 is 0 Å². The summed E-state index contributed by atoms with van der Waals surface area (Å²) in [6.45, 7) is -2.16. The lowest BCUT2D eigenvalue weighted by molar-refractivity contribution is -0.139. The number of carboxylic acids is 1. The Morgan fingerprint density at radius 3 is 2.30 bits per heavy atom. The van der Waals surface area contributed by atoms with Crippen molar-refractivity contribution < 1.29 is 27.8 Å². The van der Waals surface area contributed by atoms with Crippen molar-refractivity contribution in [3.8, 4) is 5.75 Å². The molecule has 1 N–H and O–H groups in total. The standard InChI is InChI=1S/C25H20BrF3O3S/c26-22-14-20(32-15-24(30)31)10-11-23(22)33-13-12-21(17-4-2-1-3-5-17)18-6-8-19(9-7-18)25(28,29)16-27/h1-12,14H,13,15-16H2,(H,30,31)/b21-12-. The van der Waals surface area contributed by atoms with E-state index in [4.69, 9.17) is 9.84 Å². The Balaban J connectivity index is 1.80. The summed E-state index contributed by atoms with van der Waals surface area (Å²) in [5.74, 6) is -3.53. The molecule has 0 aliphatic heterocycles. The molecule has 8 heteroatoms. The molecule has 3 aromatic rings. The maximum atomic E-state index is 13.6. The third-order valence-corrected chi connectivity index (χ3v) is 6.58. The number of thioether (sulfide) groups is 1. The lowest BCUT2D eigenvalue weighted by Crippen LogP contribution is -2.15. The van der Waals surface area contributed by atoms with Crippen molar-refractivity contribution in [3.05, 3.63) is 100 Å². The summed E-state index contributed by atoms with van der Waals surface area (Å²) in [6.07, 6.45) is 2.00. The van der Waals surface area contributed by atoms with E-state index < -0.39 is 25.2 Å². The monoisotopic (exact) mass is 536 g/mol. The van der Waals surface area contributed by atoms with Gasteiger partial charge in [-0.3, -0.25) is 0 Å². The largest absolute Gasteiger partial charge is 0.482 e. The summed E-state index contributed by atoms with van der Waals surface area (Å²) in [5, 5.41) is 8.72. The van der Waals surface area contributed by atoms with Crippen LogP contribution in [0.2, 0.25) is 0 Å². The number of ether oxygens (including phenoxy) is 1. The van der Waals surface area contributed by atoms with Gasteiger partial charge in [0.15, 0.2) is 13.3 Å². The van der Waals surface area contributed by atoms with Gasteiger partial charge in [-0.25, -0.2) is 9.18 Å². The molecule has 0 heterocycles. The number of halogens is 4. The molecule has 3 rings (SSSR count). The van der Waals surface area contributed by atoms with E-state index in [0.29, 0.717) is 11.5 Å². The van der Waals surface area contributed by atoms with Crippen molar-refractivity contribution >= 4 is 39.2 Å². The van der Waals surface area contributed by atoms with Gasteiger partial charge in [0.05, 0.1) is 0 Å². The Labute approximate surface area is 202 Å². The molecule has 0 aliphatic rings. The Hall–Kier alpha value is -2.71. The second-order valence-corrected chi connectivity index (χ2v) is 8.90. The molecule has 0 aromatic heterocycles. The minimum atomic E-state index is -3.50. The molecule has 172 valence electrons. The average molecular weight is 537 g/mol. The van der Waals surface area contributed by atoms with Crippen molar-refractivity contribution in [3.63, 3.8) is 0 Å². The second kappa shape index (κ2) is 11.4. The lowest BCUT2D eigenvalue weighted by Gasteiger charge is -2.14. The number of hydrogen-bond donors (Lipinski definition) is 1. The van der Waals surface area contributed by atoms with Crippen LogP contribution in [-0.4, -0.2) is 30.1 Å². The molecular formula is C25H20BrF3O3S. The highest BCUT2D eigenvalue weighted by Crippen LogP contribution is 2.34. The van der Waals surface area contributed by atoms with Gasteiger partial charge < -0.3 is 9.84 Å². The molecule has 0 aliphatic carbocycles. The van der Waals surface area contributed by atoms with Crippen LogP contribution < -0.4 is 4.74 Å². The van der Waals surface area contributed by atoms with Crippen LogP contribution in [0.1, 0.15) is 16.7 Å². The molecule has 0 atom stereocenters. The predicted octanol–water partition coefficient (Wildman–Crippen LogP) is 7.20. The Bertz CT molecular complexity index is 1120.